The minimum Gasteiger partial charge on any atom is -0.491 e. The first kappa shape index (κ1) is 15.2. The lowest BCUT2D eigenvalue weighted by atomic mass is 10.2. The van der Waals surface area contributed by atoms with Crippen molar-refractivity contribution in [2.24, 2.45) is 0 Å². The van der Waals surface area contributed by atoms with Crippen molar-refractivity contribution in [3.8, 4) is 5.75 Å². The van der Waals surface area contributed by atoms with E-state index in [9.17, 15) is 4.79 Å². The van der Waals surface area contributed by atoms with Crippen LogP contribution in [0, 0.1) is 0 Å². The molecule has 7 heteroatoms. The summed E-state index contributed by atoms with van der Waals surface area (Å²) in [5.74, 6) is 0.355. The van der Waals surface area contributed by atoms with Crippen molar-refractivity contribution in [1.82, 2.24) is 9.97 Å². The van der Waals surface area contributed by atoms with Gasteiger partial charge in [-0.3, -0.25) is 4.79 Å². The molecule has 7 nitrogen and oxygen atoms in total. The van der Waals surface area contributed by atoms with Gasteiger partial charge in [0.25, 0.3) is 5.91 Å². The van der Waals surface area contributed by atoms with Gasteiger partial charge in [0.2, 0.25) is 0 Å². The third-order valence-corrected chi connectivity index (χ3v) is 3.49. The van der Waals surface area contributed by atoms with Crippen LogP contribution in [0.2, 0.25) is 0 Å². The summed E-state index contributed by atoms with van der Waals surface area (Å²) in [4.78, 5) is 19.9. The summed E-state index contributed by atoms with van der Waals surface area (Å²) in [5, 5.41) is 2.73. The van der Waals surface area contributed by atoms with Gasteiger partial charge in [-0.25, -0.2) is 9.97 Å². The van der Waals surface area contributed by atoms with E-state index in [1.54, 1.807) is 18.2 Å². The number of nitrogen functional groups attached to an aromatic ring is 1. The van der Waals surface area contributed by atoms with Gasteiger partial charge in [0.05, 0.1) is 6.10 Å². The van der Waals surface area contributed by atoms with Crippen LogP contribution in [0.3, 0.4) is 0 Å². The number of nitrogens with zero attached hydrogens (tertiary/aromatic N) is 2. The first-order valence-electron chi connectivity index (χ1n) is 7.44. The minimum absolute atomic E-state index is 0.0933. The van der Waals surface area contributed by atoms with E-state index in [4.69, 9.17) is 15.2 Å². The van der Waals surface area contributed by atoms with Gasteiger partial charge in [0.1, 0.15) is 12.4 Å². The fourth-order valence-electron chi connectivity index (χ4n) is 2.34. The van der Waals surface area contributed by atoms with E-state index in [2.05, 4.69) is 15.3 Å². The number of hydrogen-bond donors (Lipinski definition) is 2. The highest BCUT2D eigenvalue weighted by Crippen LogP contribution is 2.20. The predicted octanol–water partition coefficient (Wildman–Crippen LogP) is 1.87. The van der Waals surface area contributed by atoms with E-state index in [1.807, 2.05) is 6.07 Å². The van der Waals surface area contributed by atoms with E-state index in [-0.39, 0.29) is 17.6 Å². The molecular weight excluding hydrogens is 296 g/mol. The topological polar surface area (TPSA) is 99.4 Å². The van der Waals surface area contributed by atoms with Crippen molar-refractivity contribution < 1.29 is 14.3 Å². The van der Waals surface area contributed by atoms with Crippen LogP contribution in [0.5, 0.6) is 5.75 Å². The molecule has 23 heavy (non-hydrogen) atoms. The normalized spacial score (nSPS) is 17.0. The monoisotopic (exact) mass is 314 g/mol. The van der Waals surface area contributed by atoms with Gasteiger partial charge in [-0.05, 0) is 25.0 Å². The van der Waals surface area contributed by atoms with Gasteiger partial charge in [-0.15, -0.1) is 0 Å². The summed E-state index contributed by atoms with van der Waals surface area (Å²) < 4.78 is 11.2. The molecule has 0 bridgehead atoms. The van der Waals surface area contributed by atoms with Crippen LogP contribution in [-0.4, -0.2) is 35.2 Å². The maximum atomic E-state index is 12.2. The first-order chi connectivity index (χ1) is 11.2. The molecule has 0 aliphatic carbocycles. The van der Waals surface area contributed by atoms with Crippen LogP contribution in [-0.2, 0) is 4.74 Å². The lowest BCUT2D eigenvalue weighted by Crippen LogP contribution is -2.17. The van der Waals surface area contributed by atoms with Crippen molar-refractivity contribution in [3.63, 3.8) is 0 Å². The van der Waals surface area contributed by atoms with Crippen LogP contribution in [0.1, 0.15) is 23.3 Å². The Bertz CT molecular complexity index is 687. The van der Waals surface area contributed by atoms with E-state index >= 15 is 0 Å². The van der Waals surface area contributed by atoms with Crippen LogP contribution in [0.15, 0.2) is 36.7 Å². The zero-order chi connectivity index (χ0) is 16.1. The maximum absolute atomic E-state index is 12.2. The number of ether oxygens (including phenoxy) is 2. The lowest BCUT2D eigenvalue weighted by Gasteiger charge is -2.12. The number of nitrogens with two attached hydrogens (primary N) is 1. The molecule has 3 rings (SSSR count). The fraction of sp³-hybridized carbons (Fsp3) is 0.312. The molecule has 0 saturated carbocycles. The Hall–Kier alpha value is -2.67. The summed E-state index contributed by atoms with van der Waals surface area (Å²) in [5.41, 5.74) is 6.35. The third kappa shape index (κ3) is 3.95. The van der Waals surface area contributed by atoms with Crippen molar-refractivity contribution in [1.29, 1.82) is 0 Å². The Morgan fingerprint density at radius 2 is 2.26 bits per heavy atom. The number of nitrogens with one attached hydrogen (secondary N) is 1. The third-order valence-electron chi connectivity index (χ3n) is 3.49. The minimum atomic E-state index is -0.410. The second-order valence-electron chi connectivity index (χ2n) is 5.22. The largest absolute Gasteiger partial charge is 0.491 e. The van der Waals surface area contributed by atoms with Crippen LogP contribution < -0.4 is 15.8 Å². The smallest absolute Gasteiger partial charge is 0.278 e. The SMILES string of the molecule is Nc1nccnc1C(=O)Nc1cccc(OCC2CCCO2)c1. The Morgan fingerprint density at radius 3 is 3.04 bits per heavy atom. The maximum Gasteiger partial charge on any atom is 0.278 e. The summed E-state index contributed by atoms with van der Waals surface area (Å²) in [7, 11) is 0. The lowest BCUT2D eigenvalue weighted by molar-refractivity contribution is 0.0680. The van der Waals surface area contributed by atoms with E-state index < -0.39 is 5.91 Å². The van der Waals surface area contributed by atoms with Crippen molar-refractivity contribution >= 4 is 17.4 Å². The van der Waals surface area contributed by atoms with Gasteiger partial charge in [-0.1, -0.05) is 6.07 Å². The van der Waals surface area contributed by atoms with E-state index in [1.165, 1.54) is 12.4 Å². The average Bonchev–Trinajstić information content (AvgIpc) is 3.07. The van der Waals surface area contributed by atoms with Gasteiger partial charge in [0, 0.05) is 30.8 Å². The van der Waals surface area contributed by atoms with E-state index in [0.29, 0.717) is 18.0 Å². The van der Waals surface area contributed by atoms with Crippen molar-refractivity contribution in [2.45, 2.75) is 18.9 Å². The molecule has 1 saturated heterocycles. The summed E-state index contributed by atoms with van der Waals surface area (Å²) in [6.45, 7) is 1.30. The molecule has 1 amide bonds. The molecule has 3 N–H and O–H groups in total. The number of carbonyl (C=O) groups is 1. The first-order valence-corrected chi connectivity index (χ1v) is 7.44. The Morgan fingerprint density at radius 1 is 1.39 bits per heavy atom. The molecular formula is C16H18N4O3. The zero-order valence-corrected chi connectivity index (χ0v) is 12.6. The molecule has 2 aromatic rings. The summed E-state index contributed by atoms with van der Waals surface area (Å²) in [6, 6.07) is 7.16. The standard InChI is InChI=1S/C16H18N4O3/c17-15-14(18-6-7-19-15)16(21)20-11-3-1-4-12(9-11)23-10-13-5-2-8-22-13/h1,3-4,6-7,9,13H,2,5,8,10H2,(H2,17,19)(H,20,21). The highest BCUT2D eigenvalue weighted by Gasteiger charge is 2.16. The molecule has 0 spiro atoms. The van der Waals surface area contributed by atoms with Crippen molar-refractivity contribution in [3.05, 3.63) is 42.4 Å². The molecule has 0 radical (unpaired) electrons. The van der Waals surface area contributed by atoms with E-state index in [0.717, 1.165) is 19.4 Å². The molecule has 1 aromatic carbocycles. The second-order valence-corrected chi connectivity index (χ2v) is 5.22. The van der Waals surface area contributed by atoms with Gasteiger partial charge in [-0.2, -0.15) is 0 Å². The highest BCUT2D eigenvalue weighted by atomic mass is 16.5. The number of rotatable bonds is 5. The summed E-state index contributed by atoms with van der Waals surface area (Å²) in [6.07, 6.45) is 5.09. The quantitative estimate of drug-likeness (QED) is 0.874. The molecule has 1 fully saturated rings. The molecule has 120 valence electrons. The summed E-state index contributed by atoms with van der Waals surface area (Å²) >= 11 is 0. The molecule has 1 aliphatic heterocycles. The molecule has 1 atom stereocenters. The molecule has 1 unspecified atom stereocenters. The van der Waals surface area contributed by atoms with Crippen LogP contribution in [0.4, 0.5) is 11.5 Å². The number of anilines is 2. The van der Waals surface area contributed by atoms with Crippen molar-refractivity contribution in [2.75, 3.05) is 24.3 Å². The number of carbonyl (C=O) groups excluding carboxylic acids is 1. The van der Waals surface area contributed by atoms with Gasteiger partial charge < -0.3 is 20.5 Å². The fourth-order valence-corrected chi connectivity index (χ4v) is 2.34. The Labute approximate surface area is 133 Å². The number of aromatic nitrogens is 2. The highest BCUT2D eigenvalue weighted by molar-refractivity contribution is 6.05. The zero-order valence-electron chi connectivity index (χ0n) is 12.6. The molecule has 1 aliphatic rings. The number of hydrogen-bond acceptors (Lipinski definition) is 6. The van der Waals surface area contributed by atoms with Crippen LogP contribution in [0.25, 0.3) is 0 Å². The Balaban J connectivity index is 1.63. The number of amides is 1. The molecule has 2 heterocycles. The van der Waals surface area contributed by atoms with Gasteiger partial charge >= 0.3 is 0 Å². The predicted molar refractivity (Wildman–Crippen MR) is 85.3 cm³/mol. The molecule has 1 aromatic heterocycles. The average molecular weight is 314 g/mol. The van der Waals surface area contributed by atoms with Gasteiger partial charge in [0.15, 0.2) is 11.5 Å². The Kier molecular flexibility index (Phi) is 4.68. The number of benzene rings is 1. The van der Waals surface area contributed by atoms with Crippen LogP contribution >= 0.6 is 0 Å². The second kappa shape index (κ2) is 7.06.